The molecule has 4 nitrogen and oxygen atoms in total. The maximum Gasteiger partial charge on any atom is 0.257 e. The molecule has 21 heavy (non-hydrogen) atoms. The molecule has 0 saturated heterocycles. The van der Waals surface area contributed by atoms with E-state index in [1.54, 1.807) is 31.4 Å². The molecule has 0 aromatic heterocycles. The Hall–Kier alpha value is -2.33. The number of aliphatic hydroxyl groups is 1. The summed E-state index contributed by atoms with van der Waals surface area (Å²) in [5, 5.41) is 12.9. The molecule has 0 aliphatic rings. The number of carbonyl (C=O) groups excluding carboxylic acids is 1. The van der Waals surface area contributed by atoms with Crippen molar-refractivity contribution >= 4 is 11.6 Å². The lowest BCUT2D eigenvalue weighted by atomic mass is 10.1. The van der Waals surface area contributed by atoms with Gasteiger partial charge in [-0.2, -0.15) is 0 Å². The molecular weight excluding hydrogens is 266 g/mol. The summed E-state index contributed by atoms with van der Waals surface area (Å²) in [5.41, 5.74) is 3.28. The van der Waals surface area contributed by atoms with E-state index in [-0.39, 0.29) is 0 Å². The van der Waals surface area contributed by atoms with E-state index >= 15 is 0 Å². The SMILES string of the molecule is COc1cccc(C(O)C(=O)Nc2ccc(C)cc2C)c1. The molecule has 1 unspecified atom stereocenters. The second-order valence-electron chi connectivity index (χ2n) is 4.99. The van der Waals surface area contributed by atoms with Crippen LogP contribution in [0.25, 0.3) is 0 Å². The Morgan fingerprint density at radius 1 is 1.19 bits per heavy atom. The first-order valence-corrected chi connectivity index (χ1v) is 6.71. The van der Waals surface area contributed by atoms with Gasteiger partial charge < -0.3 is 15.2 Å². The third-order valence-corrected chi connectivity index (χ3v) is 3.30. The molecule has 0 aliphatic heterocycles. The van der Waals surface area contributed by atoms with Crippen LogP contribution in [-0.2, 0) is 4.79 Å². The first kappa shape index (κ1) is 15.1. The van der Waals surface area contributed by atoms with Gasteiger partial charge in [0.15, 0.2) is 6.10 Å². The summed E-state index contributed by atoms with van der Waals surface area (Å²) in [6.07, 6.45) is -1.24. The van der Waals surface area contributed by atoms with Crippen LogP contribution in [0.15, 0.2) is 42.5 Å². The second kappa shape index (κ2) is 6.41. The van der Waals surface area contributed by atoms with E-state index in [0.717, 1.165) is 11.1 Å². The molecule has 2 rings (SSSR count). The van der Waals surface area contributed by atoms with Crippen LogP contribution < -0.4 is 10.1 Å². The van der Waals surface area contributed by atoms with Crippen molar-refractivity contribution in [2.45, 2.75) is 20.0 Å². The number of anilines is 1. The summed E-state index contributed by atoms with van der Waals surface area (Å²) < 4.78 is 5.09. The number of hydrogen-bond donors (Lipinski definition) is 2. The van der Waals surface area contributed by atoms with Crippen molar-refractivity contribution in [2.24, 2.45) is 0 Å². The predicted octanol–water partition coefficient (Wildman–Crippen LogP) is 2.98. The van der Waals surface area contributed by atoms with E-state index in [2.05, 4.69) is 5.32 Å². The van der Waals surface area contributed by atoms with Gasteiger partial charge >= 0.3 is 0 Å². The fourth-order valence-corrected chi connectivity index (χ4v) is 2.12. The summed E-state index contributed by atoms with van der Waals surface area (Å²) in [5.74, 6) is 0.140. The minimum absolute atomic E-state index is 0.463. The Balaban J connectivity index is 2.15. The van der Waals surface area contributed by atoms with Crippen LogP contribution >= 0.6 is 0 Å². The maximum atomic E-state index is 12.1. The minimum atomic E-state index is -1.24. The van der Waals surface area contributed by atoms with Crippen LogP contribution in [-0.4, -0.2) is 18.1 Å². The van der Waals surface area contributed by atoms with Gasteiger partial charge in [-0.05, 0) is 43.2 Å². The number of aliphatic hydroxyl groups excluding tert-OH is 1. The number of amides is 1. The fourth-order valence-electron chi connectivity index (χ4n) is 2.12. The molecule has 110 valence electrons. The highest BCUT2D eigenvalue weighted by atomic mass is 16.5. The molecule has 0 aliphatic carbocycles. The van der Waals surface area contributed by atoms with E-state index in [1.165, 1.54) is 0 Å². The molecular formula is C17H19NO3. The van der Waals surface area contributed by atoms with E-state index in [0.29, 0.717) is 17.0 Å². The van der Waals surface area contributed by atoms with Gasteiger partial charge in [0.25, 0.3) is 5.91 Å². The Morgan fingerprint density at radius 2 is 1.95 bits per heavy atom. The van der Waals surface area contributed by atoms with Crippen molar-refractivity contribution < 1.29 is 14.6 Å². The van der Waals surface area contributed by atoms with E-state index < -0.39 is 12.0 Å². The molecule has 2 aromatic rings. The van der Waals surface area contributed by atoms with Gasteiger partial charge in [-0.15, -0.1) is 0 Å². The summed E-state index contributed by atoms with van der Waals surface area (Å²) in [4.78, 5) is 12.1. The van der Waals surface area contributed by atoms with Crippen LogP contribution in [0.3, 0.4) is 0 Å². The third-order valence-electron chi connectivity index (χ3n) is 3.30. The lowest BCUT2D eigenvalue weighted by Gasteiger charge is -2.14. The summed E-state index contributed by atoms with van der Waals surface area (Å²) in [6, 6.07) is 12.6. The number of nitrogens with one attached hydrogen (secondary N) is 1. The standard InChI is InChI=1S/C17H19NO3/c1-11-7-8-15(12(2)9-11)18-17(20)16(19)13-5-4-6-14(10-13)21-3/h4-10,16,19H,1-3H3,(H,18,20). The van der Waals surface area contributed by atoms with Crippen molar-refractivity contribution in [3.05, 3.63) is 59.2 Å². The van der Waals surface area contributed by atoms with Gasteiger partial charge in [0.1, 0.15) is 5.75 Å². The fraction of sp³-hybridized carbons (Fsp3) is 0.235. The van der Waals surface area contributed by atoms with Crippen molar-refractivity contribution in [2.75, 3.05) is 12.4 Å². The monoisotopic (exact) mass is 285 g/mol. The van der Waals surface area contributed by atoms with Gasteiger partial charge in [-0.25, -0.2) is 0 Å². The van der Waals surface area contributed by atoms with Crippen LogP contribution in [0.4, 0.5) is 5.69 Å². The van der Waals surface area contributed by atoms with Crippen LogP contribution in [0.1, 0.15) is 22.8 Å². The normalized spacial score (nSPS) is 11.8. The molecule has 1 atom stereocenters. The third kappa shape index (κ3) is 3.61. The van der Waals surface area contributed by atoms with E-state index in [4.69, 9.17) is 4.74 Å². The van der Waals surface area contributed by atoms with Crippen LogP contribution in [0.2, 0.25) is 0 Å². The Morgan fingerprint density at radius 3 is 2.62 bits per heavy atom. The molecule has 2 N–H and O–H groups in total. The average Bonchev–Trinajstić information content (AvgIpc) is 2.49. The molecule has 0 radical (unpaired) electrons. The zero-order chi connectivity index (χ0) is 15.4. The maximum absolute atomic E-state index is 12.1. The molecule has 0 spiro atoms. The zero-order valence-electron chi connectivity index (χ0n) is 12.4. The second-order valence-corrected chi connectivity index (χ2v) is 4.99. The minimum Gasteiger partial charge on any atom is -0.497 e. The topological polar surface area (TPSA) is 58.6 Å². The number of aryl methyl sites for hydroxylation is 2. The lowest BCUT2D eigenvalue weighted by molar-refractivity contribution is -0.124. The van der Waals surface area contributed by atoms with Crippen molar-refractivity contribution in [1.29, 1.82) is 0 Å². The highest BCUT2D eigenvalue weighted by Gasteiger charge is 2.18. The highest BCUT2D eigenvalue weighted by Crippen LogP contribution is 2.22. The van der Waals surface area contributed by atoms with Crippen molar-refractivity contribution in [1.82, 2.24) is 0 Å². The van der Waals surface area contributed by atoms with Crippen molar-refractivity contribution in [3.63, 3.8) is 0 Å². The number of hydrogen-bond acceptors (Lipinski definition) is 3. The molecule has 0 saturated carbocycles. The van der Waals surface area contributed by atoms with Gasteiger partial charge in [-0.3, -0.25) is 4.79 Å². The number of carbonyl (C=O) groups is 1. The number of methoxy groups -OCH3 is 1. The molecule has 4 heteroatoms. The summed E-state index contributed by atoms with van der Waals surface area (Å²) >= 11 is 0. The Bertz CT molecular complexity index is 652. The largest absolute Gasteiger partial charge is 0.497 e. The highest BCUT2D eigenvalue weighted by molar-refractivity contribution is 5.95. The number of ether oxygens (including phenoxy) is 1. The molecule has 1 amide bonds. The first-order chi connectivity index (χ1) is 10.0. The van der Waals surface area contributed by atoms with Crippen molar-refractivity contribution in [3.8, 4) is 5.75 Å². The molecule has 0 heterocycles. The Kier molecular flexibility index (Phi) is 4.60. The first-order valence-electron chi connectivity index (χ1n) is 6.71. The van der Waals surface area contributed by atoms with Gasteiger partial charge in [-0.1, -0.05) is 29.8 Å². The smallest absolute Gasteiger partial charge is 0.257 e. The molecule has 2 aromatic carbocycles. The predicted molar refractivity (Wildman–Crippen MR) is 82.5 cm³/mol. The van der Waals surface area contributed by atoms with E-state index in [9.17, 15) is 9.90 Å². The summed E-state index contributed by atoms with van der Waals surface area (Å²) in [6.45, 7) is 3.91. The van der Waals surface area contributed by atoms with Gasteiger partial charge in [0.05, 0.1) is 7.11 Å². The quantitative estimate of drug-likeness (QED) is 0.908. The molecule has 0 bridgehead atoms. The lowest BCUT2D eigenvalue weighted by Crippen LogP contribution is -2.21. The molecule has 0 fully saturated rings. The summed E-state index contributed by atoms with van der Waals surface area (Å²) in [7, 11) is 1.54. The number of rotatable bonds is 4. The van der Waals surface area contributed by atoms with Gasteiger partial charge in [0, 0.05) is 5.69 Å². The zero-order valence-corrected chi connectivity index (χ0v) is 12.4. The Labute approximate surface area is 124 Å². The van der Waals surface area contributed by atoms with Crippen LogP contribution in [0, 0.1) is 13.8 Å². The van der Waals surface area contributed by atoms with E-state index in [1.807, 2.05) is 32.0 Å². The number of benzene rings is 2. The average molecular weight is 285 g/mol. The van der Waals surface area contributed by atoms with Gasteiger partial charge in [0.2, 0.25) is 0 Å². The van der Waals surface area contributed by atoms with Crippen LogP contribution in [0.5, 0.6) is 5.75 Å².